The Morgan fingerprint density at radius 2 is 1.53 bits per heavy atom. The second-order valence-electron chi connectivity index (χ2n) is 5.78. The van der Waals surface area contributed by atoms with Crippen molar-refractivity contribution in [1.29, 1.82) is 0 Å². The van der Waals surface area contributed by atoms with Crippen LogP contribution in [0.2, 0.25) is 45.3 Å². The lowest BCUT2D eigenvalue weighted by Crippen LogP contribution is -2.42. The van der Waals surface area contributed by atoms with Gasteiger partial charge in [-0.2, -0.15) is 0 Å². The minimum Gasteiger partial charge on any atom is -0.439 e. The molecule has 0 fully saturated rings. The first-order valence-corrected chi connectivity index (χ1v) is 14.6. The van der Waals surface area contributed by atoms with Crippen LogP contribution in [0.1, 0.15) is 19.8 Å². The molecule has 15 heavy (non-hydrogen) atoms. The molecule has 0 amide bonds. The zero-order valence-corrected chi connectivity index (χ0v) is 14.7. The Hall–Kier alpha value is 0.571. The van der Waals surface area contributed by atoms with Gasteiger partial charge in [-0.1, -0.05) is 19.8 Å². The first-order valence-electron chi connectivity index (χ1n) is 6.02. The molecule has 0 N–H and O–H groups in total. The van der Waals surface area contributed by atoms with Crippen LogP contribution in [0.25, 0.3) is 0 Å². The molecule has 0 aromatic rings. The van der Waals surface area contributed by atoms with E-state index in [4.69, 9.17) is 8.23 Å². The predicted molar refractivity (Wildman–Crippen MR) is 75.7 cm³/mol. The van der Waals surface area contributed by atoms with Crippen molar-refractivity contribution in [2.24, 2.45) is 0 Å². The summed E-state index contributed by atoms with van der Waals surface area (Å²) in [6, 6.07) is 1.27. The number of unbranched alkanes of at least 4 members (excludes halogenated alkanes) is 1. The molecule has 0 aromatic heterocycles. The van der Waals surface area contributed by atoms with Gasteiger partial charge in [0.1, 0.15) is 0 Å². The van der Waals surface area contributed by atoms with Crippen LogP contribution in [-0.2, 0) is 8.23 Å². The molecule has 0 radical (unpaired) electrons. The summed E-state index contributed by atoms with van der Waals surface area (Å²) in [4.78, 5) is 0. The average Bonchev–Trinajstić information content (AvgIpc) is 1.95. The molecule has 0 spiro atoms. The fourth-order valence-electron chi connectivity index (χ4n) is 1.63. The van der Waals surface area contributed by atoms with Crippen LogP contribution in [0.5, 0.6) is 0 Å². The van der Waals surface area contributed by atoms with Gasteiger partial charge in [0.2, 0.25) is 0 Å². The van der Waals surface area contributed by atoms with Crippen LogP contribution in [0.15, 0.2) is 0 Å². The Bertz CT molecular complexity index is 178. The Balaban J connectivity index is 3.98. The van der Waals surface area contributed by atoms with Crippen molar-refractivity contribution in [3.8, 4) is 0 Å². The predicted octanol–water partition coefficient (Wildman–Crippen LogP) is 3.71. The van der Waals surface area contributed by atoms with Gasteiger partial charge in [0, 0.05) is 0 Å². The summed E-state index contributed by atoms with van der Waals surface area (Å²) < 4.78 is 12.2. The number of hydrogen-bond acceptors (Lipinski definition) is 2. The third-order valence-electron chi connectivity index (χ3n) is 2.14. The van der Waals surface area contributed by atoms with Gasteiger partial charge in [0.05, 0.1) is 0 Å². The Morgan fingerprint density at radius 3 is 1.93 bits per heavy atom. The molecule has 0 aliphatic heterocycles. The van der Waals surface area contributed by atoms with Crippen molar-refractivity contribution in [3.05, 3.63) is 0 Å². The van der Waals surface area contributed by atoms with Crippen molar-refractivity contribution in [2.45, 2.75) is 65.1 Å². The Labute approximate surface area is 99.5 Å². The third kappa shape index (κ3) is 9.50. The van der Waals surface area contributed by atoms with Gasteiger partial charge in [-0.25, -0.2) is 0 Å². The SMILES string of the molecule is CCCC[Si](C)(C)O[SiH](C)O[Si](C)(C)C. The minimum atomic E-state index is -1.43. The quantitative estimate of drug-likeness (QED) is 0.653. The number of rotatable bonds is 7. The fourth-order valence-corrected chi connectivity index (χ4v) is 11.5. The van der Waals surface area contributed by atoms with Crippen LogP contribution in [-0.4, -0.2) is 25.9 Å². The highest BCUT2D eigenvalue weighted by Gasteiger charge is 2.28. The molecule has 0 saturated carbocycles. The van der Waals surface area contributed by atoms with Gasteiger partial charge in [0.25, 0.3) is 9.28 Å². The molecule has 0 aliphatic rings. The van der Waals surface area contributed by atoms with E-state index in [1.54, 1.807) is 0 Å². The molecule has 0 heterocycles. The molecule has 92 valence electrons. The second-order valence-corrected chi connectivity index (χ2v) is 17.0. The van der Waals surface area contributed by atoms with E-state index < -0.39 is 25.9 Å². The summed E-state index contributed by atoms with van der Waals surface area (Å²) in [7, 11) is -4.19. The summed E-state index contributed by atoms with van der Waals surface area (Å²) >= 11 is 0. The molecule has 5 heteroatoms. The smallest absolute Gasteiger partial charge is 0.297 e. The van der Waals surface area contributed by atoms with Gasteiger partial charge in [0.15, 0.2) is 16.6 Å². The van der Waals surface area contributed by atoms with Gasteiger partial charge in [-0.05, 0) is 45.3 Å². The summed E-state index contributed by atoms with van der Waals surface area (Å²) in [5.74, 6) is 0. The fraction of sp³-hybridized carbons (Fsp3) is 1.00. The maximum Gasteiger partial charge on any atom is 0.297 e. The van der Waals surface area contributed by atoms with E-state index in [1.165, 1.54) is 18.9 Å². The summed E-state index contributed by atoms with van der Waals surface area (Å²) in [6.45, 7) is 15.8. The van der Waals surface area contributed by atoms with E-state index in [0.717, 1.165) is 0 Å². The van der Waals surface area contributed by atoms with Crippen molar-refractivity contribution >= 4 is 25.9 Å². The maximum absolute atomic E-state index is 6.21. The lowest BCUT2D eigenvalue weighted by Gasteiger charge is -2.30. The average molecular weight is 265 g/mol. The largest absolute Gasteiger partial charge is 0.439 e. The molecule has 0 rings (SSSR count). The molecule has 0 bridgehead atoms. The molecule has 0 saturated heterocycles. The van der Waals surface area contributed by atoms with Crippen molar-refractivity contribution in [2.75, 3.05) is 0 Å². The van der Waals surface area contributed by atoms with Gasteiger partial charge < -0.3 is 8.23 Å². The van der Waals surface area contributed by atoms with Gasteiger partial charge in [-0.3, -0.25) is 0 Å². The van der Waals surface area contributed by atoms with E-state index >= 15 is 0 Å². The second kappa shape index (κ2) is 6.34. The lowest BCUT2D eigenvalue weighted by atomic mass is 10.4. The molecular weight excluding hydrogens is 236 g/mol. The normalized spacial score (nSPS) is 15.4. The van der Waals surface area contributed by atoms with Crippen molar-refractivity contribution in [1.82, 2.24) is 0 Å². The maximum atomic E-state index is 6.21. The monoisotopic (exact) mass is 264 g/mol. The molecule has 1 unspecified atom stereocenters. The molecule has 0 aliphatic carbocycles. The molecular formula is C10H28O2Si3. The standard InChI is InChI=1S/C10H28O2Si3/c1-8-9-10-15(6,7)12-13(2)11-14(3,4)5/h13H,8-10H2,1-7H3. The first-order chi connectivity index (χ1) is 6.66. The first kappa shape index (κ1) is 15.6. The highest BCUT2D eigenvalue weighted by Crippen LogP contribution is 2.18. The van der Waals surface area contributed by atoms with E-state index in [-0.39, 0.29) is 0 Å². The van der Waals surface area contributed by atoms with Crippen molar-refractivity contribution < 1.29 is 8.23 Å². The van der Waals surface area contributed by atoms with E-state index in [0.29, 0.717) is 0 Å². The lowest BCUT2D eigenvalue weighted by molar-refractivity contribution is 0.423. The van der Waals surface area contributed by atoms with E-state index in [2.05, 4.69) is 46.2 Å². The molecule has 1 atom stereocenters. The van der Waals surface area contributed by atoms with Crippen molar-refractivity contribution in [3.63, 3.8) is 0 Å². The van der Waals surface area contributed by atoms with Crippen LogP contribution >= 0.6 is 0 Å². The summed E-state index contributed by atoms with van der Waals surface area (Å²) in [6.07, 6.45) is 2.57. The van der Waals surface area contributed by atoms with Crippen LogP contribution in [0, 0.1) is 0 Å². The van der Waals surface area contributed by atoms with Gasteiger partial charge >= 0.3 is 0 Å². The summed E-state index contributed by atoms with van der Waals surface area (Å²) in [5, 5.41) is 0. The zero-order valence-electron chi connectivity index (χ0n) is 11.5. The topological polar surface area (TPSA) is 18.5 Å². The molecule has 0 aromatic carbocycles. The molecule has 2 nitrogen and oxygen atoms in total. The highest BCUT2D eigenvalue weighted by atomic mass is 28.4. The van der Waals surface area contributed by atoms with Gasteiger partial charge in [-0.15, -0.1) is 0 Å². The van der Waals surface area contributed by atoms with E-state index in [9.17, 15) is 0 Å². The zero-order chi connectivity index (χ0) is 12.1. The van der Waals surface area contributed by atoms with Crippen LogP contribution < -0.4 is 0 Å². The minimum absolute atomic E-state index is 1.27. The van der Waals surface area contributed by atoms with E-state index in [1.807, 2.05) is 0 Å². The van der Waals surface area contributed by atoms with Crippen LogP contribution in [0.4, 0.5) is 0 Å². The Kier molecular flexibility index (Phi) is 6.58. The highest BCUT2D eigenvalue weighted by molar-refractivity contribution is 6.81. The third-order valence-corrected chi connectivity index (χ3v) is 11.7. The van der Waals surface area contributed by atoms with Crippen LogP contribution in [0.3, 0.4) is 0 Å². The summed E-state index contributed by atoms with van der Waals surface area (Å²) in [5.41, 5.74) is 0. The Morgan fingerprint density at radius 1 is 1.00 bits per heavy atom. The number of hydrogen-bond donors (Lipinski definition) is 0.